The Morgan fingerprint density at radius 2 is 1.45 bits per heavy atom. The molecule has 0 fully saturated rings. The Labute approximate surface area is 237 Å². The van der Waals surface area contributed by atoms with Crippen LogP contribution in [0.3, 0.4) is 0 Å². The zero-order valence-electron chi connectivity index (χ0n) is 24.7. The Kier molecular flexibility index (Phi) is 7.01. The molecule has 1 aliphatic heterocycles. The summed E-state index contributed by atoms with van der Waals surface area (Å²) in [5, 5.41) is 2.95. The highest BCUT2D eigenvalue weighted by Crippen LogP contribution is 2.54. The molecule has 1 heterocycles. The van der Waals surface area contributed by atoms with E-state index in [0.717, 1.165) is 46.6 Å². The second kappa shape index (κ2) is 10.1. The van der Waals surface area contributed by atoms with Crippen LogP contribution in [0, 0.1) is 24.7 Å². The fourth-order valence-corrected chi connectivity index (χ4v) is 6.54. The number of nitrogens with one attached hydrogen (secondary N) is 1. The van der Waals surface area contributed by atoms with Crippen LogP contribution in [0.1, 0.15) is 76.0 Å². The molecule has 0 radical (unpaired) electrons. The van der Waals surface area contributed by atoms with E-state index in [2.05, 4.69) is 37.9 Å². The number of benzene rings is 2. The van der Waals surface area contributed by atoms with Crippen molar-refractivity contribution in [2.45, 2.75) is 73.1 Å². The van der Waals surface area contributed by atoms with Crippen molar-refractivity contribution in [3.05, 3.63) is 81.7 Å². The van der Waals surface area contributed by atoms with Gasteiger partial charge in [0, 0.05) is 59.6 Å². The van der Waals surface area contributed by atoms with Gasteiger partial charge in [-0.2, -0.15) is 0 Å². The van der Waals surface area contributed by atoms with E-state index in [1.807, 2.05) is 63.4 Å². The number of hydrogen-bond acceptors (Lipinski definition) is 5. The summed E-state index contributed by atoms with van der Waals surface area (Å²) in [4.78, 5) is 42.6. The minimum Gasteiger partial charge on any atom is -0.483 e. The fourth-order valence-electron chi connectivity index (χ4n) is 6.54. The molecule has 0 saturated heterocycles. The van der Waals surface area contributed by atoms with Crippen LogP contribution in [-0.2, 0) is 14.4 Å². The van der Waals surface area contributed by atoms with E-state index in [-0.39, 0.29) is 34.9 Å². The van der Waals surface area contributed by atoms with E-state index >= 15 is 0 Å². The van der Waals surface area contributed by atoms with E-state index in [4.69, 9.17) is 4.74 Å². The third kappa shape index (κ3) is 5.12. The van der Waals surface area contributed by atoms with Crippen molar-refractivity contribution in [1.29, 1.82) is 0 Å². The lowest BCUT2D eigenvalue weighted by molar-refractivity contribution is -0.120. The quantitative estimate of drug-likeness (QED) is 0.460. The van der Waals surface area contributed by atoms with Gasteiger partial charge in [-0.1, -0.05) is 58.0 Å². The van der Waals surface area contributed by atoms with Gasteiger partial charge in [0.05, 0.1) is 0 Å². The molecule has 6 nitrogen and oxygen atoms in total. The number of ether oxygens (including phenoxy) is 1. The molecule has 1 amide bonds. The summed E-state index contributed by atoms with van der Waals surface area (Å²) in [5.74, 6) is -0.101. The minimum absolute atomic E-state index is 0.0785. The van der Waals surface area contributed by atoms with Crippen LogP contribution in [0.15, 0.2) is 65.0 Å². The maximum absolute atomic E-state index is 13.8. The number of ketones is 2. The summed E-state index contributed by atoms with van der Waals surface area (Å²) in [5.41, 5.74) is 6.69. The first-order valence-corrected chi connectivity index (χ1v) is 14.1. The van der Waals surface area contributed by atoms with Crippen LogP contribution in [0.25, 0.3) is 0 Å². The van der Waals surface area contributed by atoms with Crippen LogP contribution in [0.2, 0.25) is 0 Å². The van der Waals surface area contributed by atoms with Crippen molar-refractivity contribution in [2.24, 2.45) is 10.8 Å². The Balaban J connectivity index is 1.54. The third-order valence-electron chi connectivity index (χ3n) is 8.65. The molecule has 0 saturated carbocycles. The molecule has 0 atom stereocenters. The monoisotopic (exact) mass is 540 g/mol. The molecule has 0 unspecified atom stereocenters. The number of rotatable bonds is 5. The van der Waals surface area contributed by atoms with E-state index in [1.165, 1.54) is 0 Å². The normalized spacial score (nSPS) is 20.3. The molecule has 2 aliphatic carbocycles. The van der Waals surface area contributed by atoms with Crippen molar-refractivity contribution in [1.82, 2.24) is 4.90 Å². The number of nitrogens with zero attached hydrogens (tertiary/aromatic N) is 1. The molecule has 3 aliphatic rings. The van der Waals surface area contributed by atoms with Gasteiger partial charge in [0.15, 0.2) is 18.2 Å². The van der Waals surface area contributed by atoms with Gasteiger partial charge in [0.2, 0.25) is 0 Å². The molecule has 0 bridgehead atoms. The largest absolute Gasteiger partial charge is 0.483 e. The molecule has 1 N–H and O–H groups in total. The van der Waals surface area contributed by atoms with Crippen molar-refractivity contribution >= 4 is 23.2 Å². The zero-order valence-corrected chi connectivity index (χ0v) is 24.7. The molecular formula is C34H40N2O4. The zero-order chi connectivity index (χ0) is 29.0. The van der Waals surface area contributed by atoms with Gasteiger partial charge in [-0.05, 0) is 60.8 Å². The summed E-state index contributed by atoms with van der Waals surface area (Å²) in [6.07, 6.45) is 2.38. The van der Waals surface area contributed by atoms with Gasteiger partial charge in [0.1, 0.15) is 5.75 Å². The minimum atomic E-state index is -0.508. The SMILES string of the molecule is Cc1cccc(NC(=O)COc2ccccc2C2C3=C(CC(C)(C)CC3=O)N(C)C3=C2C(=O)CC(C)(C)C3)c1C. The molecule has 0 spiro atoms. The highest BCUT2D eigenvalue weighted by molar-refractivity contribution is 6.07. The predicted octanol–water partition coefficient (Wildman–Crippen LogP) is 6.64. The Hall–Kier alpha value is -3.67. The number of carbonyl (C=O) groups is 3. The number of Topliss-reactive ketones (excluding diaryl/α,β-unsaturated/α-hetero) is 2. The molecule has 2 aromatic carbocycles. The molecule has 2 aromatic rings. The lowest BCUT2D eigenvalue weighted by Gasteiger charge is -2.48. The highest BCUT2D eigenvalue weighted by atomic mass is 16.5. The topological polar surface area (TPSA) is 75.7 Å². The van der Waals surface area contributed by atoms with E-state index < -0.39 is 5.92 Å². The van der Waals surface area contributed by atoms with Gasteiger partial charge in [-0.25, -0.2) is 0 Å². The third-order valence-corrected chi connectivity index (χ3v) is 8.65. The van der Waals surface area contributed by atoms with Crippen molar-refractivity contribution in [2.75, 3.05) is 19.0 Å². The van der Waals surface area contributed by atoms with E-state index in [9.17, 15) is 14.4 Å². The number of amides is 1. The van der Waals surface area contributed by atoms with Gasteiger partial charge in [-0.3, -0.25) is 14.4 Å². The molecule has 0 aromatic heterocycles. The van der Waals surface area contributed by atoms with Crippen molar-refractivity contribution < 1.29 is 19.1 Å². The summed E-state index contributed by atoms with van der Waals surface area (Å²) in [7, 11) is 2.00. The van der Waals surface area contributed by atoms with Crippen molar-refractivity contribution in [3.63, 3.8) is 0 Å². The first-order chi connectivity index (χ1) is 18.8. The Morgan fingerprint density at radius 1 is 0.875 bits per heavy atom. The lowest BCUT2D eigenvalue weighted by Crippen LogP contribution is -2.43. The highest BCUT2D eigenvalue weighted by Gasteiger charge is 2.48. The smallest absolute Gasteiger partial charge is 0.262 e. The van der Waals surface area contributed by atoms with E-state index in [0.29, 0.717) is 29.7 Å². The van der Waals surface area contributed by atoms with Crippen LogP contribution in [0.4, 0.5) is 5.69 Å². The van der Waals surface area contributed by atoms with Gasteiger partial charge < -0.3 is 15.0 Å². The average Bonchev–Trinajstić information content (AvgIpc) is 2.86. The number of hydrogen-bond donors (Lipinski definition) is 1. The lowest BCUT2D eigenvalue weighted by atomic mass is 9.63. The van der Waals surface area contributed by atoms with Crippen molar-refractivity contribution in [3.8, 4) is 5.75 Å². The second-order valence-corrected chi connectivity index (χ2v) is 13.2. The van der Waals surface area contributed by atoms with Crippen LogP contribution >= 0.6 is 0 Å². The number of para-hydroxylation sites is 1. The fraction of sp³-hybridized carbons (Fsp3) is 0.441. The summed E-state index contributed by atoms with van der Waals surface area (Å²) < 4.78 is 6.14. The van der Waals surface area contributed by atoms with Gasteiger partial charge >= 0.3 is 0 Å². The number of anilines is 1. The Morgan fingerprint density at radius 3 is 2.05 bits per heavy atom. The number of carbonyl (C=O) groups excluding carboxylic acids is 3. The average molecular weight is 541 g/mol. The molecule has 6 heteroatoms. The Bertz CT molecular complexity index is 1420. The van der Waals surface area contributed by atoms with Gasteiger partial charge in [-0.15, -0.1) is 0 Å². The number of allylic oxidation sites excluding steroid dienone is 4. The maximum Gasteiger partial charge on any atom is 0.262 e. The summed E-state index contributed by atoms with van der Waals surface area (Å²) >= 11 is 0. The predicted molar refractivity (Wildman–Crippen MR) is 157 cm³/mol. The maximum atomic E-state index is 13.8. The first kappa shape index (κ1) is 27.9. The van der Waals surface area contributed by atoms with Gasteiger partial charge in [0.25, 0.3) is 5.91 Å². The molecule has 210 valence electrons. The summed E-state index contributed by atoms with van der Waals surface area (Å²) in [6.45, 7) is 12.3. The standard InChI is InChI=1S/C34H40N2O4/c1-20-11-10-13-23(21(20)2)35-29(39)19-40-28-14-9-8-12-22(28)30-31-24(15-33(3,4)17-26(31)37)36(7)25-16-34(5,6)18-27(38)32(25)30/h8-14,30H,15-19H2,1-7H3,(H,35,39). The molecule has 5 rings (SSSR count). The van der Waals surface area contributed by atoms with Crippen LogP contribution in [0.5, 0.6) is 5.75 Å². The van der Waals surface area contributed by atoms with Crippen LogP contribution in [-0.4, -0.2) is 36.0 Å². The number of aryl methyl sites for hydroxylation is 1. The second-order valence-electron chi connectivity index (χ2n) is 13.2. The summed E-state index contributed by atoms with van der Waals surface area (Å²) in [6, 6.07) is 13.3. The molecule has 40 heavy (non-hydrogen) atoms. The van der Waals surface area contributed by atoms with E-state index in [1.54, 1.807) is 0 Å². The first-order valence-electron chi connectivity index (χ1n) is 14.1. The molecular weight excluding hydrogens is 500 g/mol. The van der Waals surface area contributed by atoms with Crippen LogP contribution < -0.4 is 10.1 Å².